The summed E-state index contributed by atoms with van der Waals surface area (Å²) in [6.45, 7) is 1.41. The summed E-state index contributed by atoms with van der Waals surface area (Å²) in [7, 11) is 6.04. The van der Waals surface area contributed by atoms with Gasteiger partial charge in [0.15, 0.2) is 0 Å². The Labute approximate surface area is 75.3 Å². The summed E-state index contributed by atoms with van der Waals surface area (Å²) in [5, 5.41) is 2.75. The van der Waals surface area contributed by atoms with Crippen molar-refractivity contribution in [2.24, 2.45) is 17.8 Å². The largest absolute Gasteiger partial charge is 0.323 e. The molecule has 0 aromatic rings. The maximum absolute atomic E-state index is 2.75. The molecule has 2 saturated carbocycles. The van der Waals surface area contributed by atoms with Crippen molar-refractivity contribution in [3.63, 3.8) is 0 Å². The average molecular weight is 168 g/mol. The maximum atomic E-state index is 2.75. The fourth-order valence-electron chi connectivity index (χ4n) is 3.22. The van der Waals surface area contributed by atoms with Gasteiger partial charge in [0.05, 0.1) is 0 Å². The van der Waals surface area contributed by atoms with Crippen LogP contribution in [0.25, 0.3) is 0 Å². The van der Waals surface area contributed by atoms with Crippen LogP contribution in [0.3, 0.4) is 0 Å². The molecule has 2 aliphatic carbocycles. The zero-order chi connectivity index (χ0) is 8.72. The Morgan fingerprint density at radius 3 is 2.25 bits per heavy atom. The molecule has 1 heterocycles. The first-order chi connectivity index (χ1) is 5.77. The minimum absolute atomic E-state index is 1.02. The van der Waals surface area contributed by atoms with Crippen LogP contribution in [0.15, 0.2) is 0 Å². The molecule has 4 unspecified atom stereocenters. The number of rotatable bonds is 0. The van der Waals surface area contributed by atoms with Gasteiger partial charge in [0.1, 0.15) is 0 Å². The monoisotopic (exact) mass is 168 g/mol. The van der Waals surface area contributed by atoms with Gasteiger partial charge in [0.2, 0.25) is 0 Å². The quantitative estimate of drug-likeness (QED) is 0.575. The number of hydrogen-bond donors (Lipinski definition) is 1. The van der Waals surface area contributed by atoms with Gasteiger partial charge in [-0.15, -0.1) is 0 Å². The summed E-state index contributed by atoms with van der Waals surface area (Å²) in [6, 6.07) is 1.02. The van der Waals surface area contributed by atoms with Gasteiger partial charge in [-0.3, -0.25) is 0 Å². The Morgan fingerprint density at radius 1 is 1.17 bits per heavy atom. The van der Waals surface area contributed by atoms with Crippen molar-refractivity contribution >= 4 is 0 Å². The number of hydrogen-bond acceptors (Lipinski definition) is 2. The summed E-state index contributed by atoms with van der Waals surface area (Å²) in [4.78, 5) is 2.57. The molecule has 0 bridgehead atoms. The second-order valence-electron chi connectivity index (χ2n) is 4.58. The lowest BCUT2D eigenvalue weighted by atomic mass is 9.53. The Morgan fingerprint density at radius 2 is 1.83 bits per heavy atom. The van der Waals surface area contributed by atoms with Crippen LogP contribution in [0.2, 0.25) is 0 Å². The Bertz CT molecular complexity index is 165. The van der Waals surface area contributed by atoms with Crippen molar-refractivity contribution in [3.05, 3.63) is 0 Å². The lowest BCUT2D eigenvalue weighted by molar-refractivity contribution is -0.0196. The van der Waals surface area contributed by atoms with Crippen LogP contribution < -0.4 is 5.32 Å². The average Bonchev–Trinajstić information content (AvgIpc) is 2.16. The molecule has 0 aromatic heterocycles. The van der Waals surface area contributed by atoms with Crippen molar-refractivity contribution in [2.45, 2.75) is 18.9 Å². The van der Waals surface area contributed by atoms with Crippen LogP contribution in [0.1, 0.15) is 12.8 Å². The smallest absolute Gasteiger partial charge is 0.0129 e. The van der Waals surface area contributed by atoms with Crippen LogP contribution in [-0.2, 0) is 0 Å². The van der Waals surface area contributed by atoms with Gasteiger partial charge in [-0.2, -0.15) is 0 Å². The molecule has 70 valence electrons. The standard InChI is InChI=1S/C8H13N.C2H7N/c1-9-4-6-2-5-3-7(9)8(5)6;1-3-2/h5-8H,2-4H2,1H3;3H,1-2H3. The minimum atomic E-state index is 1.02. The molecule has 12 heavy (non-hydrogen) atoms. The molecule has 3 rings (SSSR count). The van der Waals surface area contributed by atoms with Crippen LogP contribution >= 0.6 is 0 Å². The zero-order valence-corrected chi connectivity index (χ0v) is 8.38. The first-order valence-corrected chi connectivity index (χ1v) is 5.06. The van der Waals surface area contributed by atoms with E-state index < -0.39 is 0 Å². The molecule has 3 fully saturated rings. The molecule has 2 heteroatoms. The van der Waals surface area contributed by atoms with Gasteiger partial charge >= 0.3 is 0 Å². The van der Waals surface area contributed by atoms with E-state index in [0.29, 0.717) is 0 Å². The van der Waals surface area contributed by atoms with Crippen molar-refractivity contribution < 1.29 is 0 Å². The molecule has 0 aromatic carbocycles. The molecule has 1 N–H and O–H groups in total. The highest BCUT2D eigenvalue weighted by Crippen LogP contribution is 2.60. The molecule has 0 spiro atoms. The summed E-state index contributed by atoms with van der Waals surface area (Å²) >= 11 is 0. The third-order valence-electron chi connectivity index (χ3n) is 3.77. The molecule has 0 radical (unpaired) electrons. The zero-order valence-electron chi connectivity index (χ0n) is 8.38. The SMILES string of the molecule is CN1CC2CC3CC1C32.CNC. The van der Waals surface area contributed by atoms with Crippen LogP contribution in [0, 0.1) is 17.8 Å². The van der Waals surface area contributed by atoms with Gasteiger partial charge in [-0.25, -0.2) is 0 Å². The number of likely N-dealkylation sites (tertiary alicyclic amines) is 1. The first kappa shape index (κ1) is 8.52. The Balaban J connectivity index is 0.000000169. The third-order valence-corrected chi connectivity index (χ3v) is 3.77. The molecule has 3 aliphatic rings. The molecule has 1 aliphatic heterocycles. The predicted molar refractivity (Wildman–Crippen MR) is 51.1 cm³/mol. The maximum Gasteiger partial charge on any atom is 0.0129 e. The molecule has 4 atom stereocenters. The van der Waals surface area contributed by atoms with Gasteiger partial charge in [-0.05, 0) is 51.7 Å². The van der Waals surface area contributed by atoms with Gasteiger partial charge in [0, 0.05) is 12.6 Å². The Hall–Kier alpha value is -0.0800. The van der Waals surface area contributed by atoms with E-state index in [-0.39, 0.29) is 0 Å². The van der Waals surface area contributed by atoms with E-state index in [1.54, 1.807) is 6.42 Å². The number of nitrogens with one attached hydrogen (secondary N) is 1. The first-order valence-electron chi connectivity index (χ1n) is 5.06. The van der Waals surface area contributed by atoms with Crippen molar-refractivity contribution in [3.8, 4) is 0 Å². The van der Waals surface area contributed by atoms with Gasteiger partial charge < -0.3 is 10.2 Å². The topological polar surface area (TPSA) is 15.3 Å². The van der Waals surface area contributed by atoms with E-state index in [1.807, 2.05) is 14.1 Å². The van der Waals surface area contributed by atoms with Crippen molar-refractivity contribution in [1.82, 2.24) is 10.2 Å². The lowest BCUT2D eigenvalue weighted by Crippen LogP contribution is -2.52. The molecule has 1 saturated heterocycles. The van der Waals surface area contributed by atoms with E-state index >= 15 is 0 Å². The molecule has 0 amide bonds. The predicted octanol–water partition coefficient (Wildman–Crippen LogP) is 0.792. The van der Waals surface area contributed by atoms with Crippen molar-refractivity contribution in [1.29, 1.82) is 0 Å². The fraction of sp³-hybridized carbons (Fsp3) is 1.00. The normalized spacial score (nSPS) is 48.2. The van der Waals surface area contributed by atoms with E-state index in [4.69, 9.17) is 0 Å². The van der Waals surface area contributed by atoms with E-state index in [0.717, 1.165) is 17.9 Å². The van der Waals surface area contributed by atoms with E-state index in [9.17, 15) is 0 Å². The van der Waals surface area contributed by atoms with Crippen LogP contribution in [0.5, 0.6) is 0 Å². The molecular weight excluding hydrogens is 148 g/mol. The van der Waals surface area contributed by atoms with Crippen LogP contribution in [0.4, 0.5) is 0 Å². The molecule has 2 nitrogen and oxygen atoms in total. The van der Waals surface area contributed by atoms with Gasteiger partial charge in [-0.1, -0.05) is 0 Å². The summed E-state index contributed by atoms with van der Waals surface area (Å²) in [6.07, 6.45) is 3.09. The Kier molecular flexibility index (Phi) is 2.13. The van der Waals surface area contributed by atoms with Crippen molar-refractivity contribution in [2.75, 3.05) is 27.7 Å². The fourth-order valence-corrected chi connectivity index (χ4v) is 3.22. The van der Waals surface area contributed by atoms with E-state index in [2.05, 4.69) is 17.3 Å². The molecular formula is C10H20N2. The summed E-state index contributed by atoms with van der Waals surface area (Å²) < 4.78 is 0. The minimum Gasteiger partial charge on any atom is -0.323 e. The lowest BCUT2D eigenvalue weighted by Gasteiger charge is -2.53. The highest BCUT2D eigenvalue weighted by molar-refractivity contribution is 5.11. The summed E-state index contributed by atoms with van der Waals surface area (Å²) in [5.41, 5.74) is 0. The highest BCUT2D eigenvalue weighted by Gasteiger charge is 2.59. The second kappa shape index (κ2) is 3.00. The summed E-state index contributed by atoms with van der Waals surface area (Å²) in [5.74, 6) is 3.46. The highest BCUT2D eigenvalue weighted by atomic mass is 15.2. The number of nitrogens with zero attached hydrogens (tertiary/aromatic N) is 1. The van der Waals surface area contributed by atoms with Crippen LogP contribution in [-0.4, -0.2) is 38.6 Å². The van der Waals surface area contributed by atoms with Gasteiger partial charge in [0.25, 0.3) is 0 Å². The van der Waals surface area contributed by atoms with E-state index in [1.165, 1.54) is 18.9 Å². The third kappa shape index (κ3) is 1.01. The second-order valence-corrected chi connectivity index (χ2v) is 4.58.